The number of carboxylic acid groups (broad SMARTS) is 1. The van der Waals surface area contributed by atoms with E-state index in [1.54, 1.807) is 7.11 Å². The Morgan fingerprint density at radius 3 is 2.04 bits per heavy atom. The lowest BCUT2D eigenvalue weighted by molar-refractivity contribution is -0.122. The predicted molar refractivity (Wildman–Crippen MR) is 99.4 cm³/mol. The fourth-order valence-electron chi connectivity index (χ4n) is 3.25. The van der Waals surface area contributed by atoms with Crippen molar-refractivity contribution in [2.75, 3.05) is 20.2 Å². The number of aromatic nitrogens is 2. The normalized spacial score (nSPS) is 14.5. The molecule has 4 rings (SSSR count). The molecule has 2 heterocycles. The molecular weight excluding hydrogens is 330 g/mol. The smallest absolute Gasteiger partial charge is 0.290 e. The van der Waals surface area contributed by atoms with E-state index in [2.05, 4.69) is 51.9 Å². The largest absolute Gasteiger partial charge is 0.497 e. The van der Waals surface area contributed by atoms with E-state index in [-0.39, 0.29) is 11.9 Å². The maximum absolute atomic E-state index is 8.36. The summed E-state index contributed by atoms with van der Waals surface area (Å²) in [6, 6.07) is 17.2. The van der Waals surface area contributed by atoms with Crippen molar-refractivity contribution in [3.05, 3.63) is 72.1 Å². The molecule has 0 aliphatic carbocycles. The summed E-state index contributed by atoms with van der Waals surface area (Å²) in [6.45, 7) is 1.68. The Labute approximate surface area is 151 Å². The molecule has 2 aromatic carbocycles. The van der Waals surface area contributed by atoms with Gasteiger partial charge in [-0.2, -0.15) is 5.10 Å². The van der Waals surface area contributed by atoms with Crippen LogP contribution in [0.4, 0.5) is 0 Å². The third-order valence-corrected chi connectivity index (χ3v) is 4.77. The number of hydrogen-bond donors (Lipinski definition) is 3. The average Bonchev–Trinajstić information content (AvgIpc) is 3.17. The minimum atomic E-state index is -0.250. The van der Waals surface area contributed by atoms with E-state index in [1.807, 2.05) is 24.5 Å². The van der Waals surface area contributed by atoms with Gasteiger partial charge in [0, 0.05) is 30.3 Å². The molecule has 1 aliphatic rings. The molecule has 6 nitrogen and oxygen atoms in total. The number of methoxy groups -OCH3 is 1. The Hall–Kier alpha value is -3.12. The fourth-order valence-corrected chi connectivity index (χ4v) is 3.25. The van der Waals surface area contributed by atoms with E-state index in [0.717, 1.165) is 24.4 Å². The second kappa shape index (κ2) is 7.84. The number of nitrogens with one attached hydrogen (secondary N) is 2. The number of benzene rings is 2. The molecule has 1 saturated heterocycles. The van der Waals surface area contributed by atoms with E-state index in [9.17, 15) is 0 Å². The number of ether oxygens (including phenoxy) is 1. The van der Waals surface area contributed by atoms with Crippen LogP contribution in [0.15, 0.2) is 60.9 Å². The SMILES string of the molecule is COc1ccc(C2(c3ccc(-c4cn[nH]c4)cc3)CNC2)cc1.O=CO. The first kappa shape index (κ1) is 17.7. The highest BCUT2D eigenvalue weighted by Crippen LogP contribution is 2.37. The van der Waals surface area contributed by atoms with Crippen molar-refractivity contribution in [3.63, 3.8) is 0 Å². The fraction of sp³-hybridized carbons (Fsp3) is 0.200. The molecule has 0 amide bonds. The Morgan fingerprint density at radius 2 is 1.62 bits per heavy atom. The van der Waals surface area contributed by atoms with Crippen molar-refractivity contribution < 1.29 is 14.6 Å². The molecule has 1 fully saturated rings. The van der Waals surface area contributed by atoms with Gasteiger partial charge in [-0.15, -0.1) is 0 Å². The van der Waals surface area contributed by atoms with Crippen molar-refractivity contribution in [1.29, 1.82) is 0 Å². The highest BCUT2D eigenvalue weighted by atomic mass is 16.5. The minimum absolute atomic E-state index is 0.0567. The summed E-state index contributed by atoms with van der Waals surface area (Å²) >= 11 is 0. The Bertz CT molecular complexity index is 824. The van der Waals surface area contributed by atoms with Crippen LogP contribution in [0.2, 0.25) is 0 Å². The zero-order valence-electron chi connectivity index (χ0n) is 14.5. The van der Waals surface area contributed by atoms with E-state index < -0.39 is 0 Å². The van der Waals surface area contributed by atoms with Crippen molar-refractivity contribution in [3.8, 4) is 16.9 Å². The summed E-state index contributed by atoms with van der Waals surface area (Å²) in [5.41, 5.74) is 5.02. The van der Waals surface area contributed by atoms with Gasteiger partial charge in [-0.05, 0) is 28.8 Å². The molecule has 1 aromatic heterocycles. The zero-order valence-corrected chi connectivity index (χ0v) is 14.5. The zero-order chi connectivity index (χ0) is 18.4. The van der Waals surface area contributed by atoms with Crippen LogP contribution < -0.4 is 10.1 Å². The van der Waals surface area contributed by atoms with Gasteiger partial charge in [-0.3, -0.25) is 9.89 Å². The minimum Gasteiger partial charge on any atom is -0.497 e. The monoisotopic (exact) mass is 351 g/mol. The first-order valence-electron chi connectivity index (χ1n) is 8.26. The summed E-state index contributed by atoms with van der Waals surface area (Å²) in [6.07, 6.45) is 3.76. The van der Waals surface area contributed by atoms with Crippen molar-refractivity contribution in [2.24, 2.45) is 0 Å². The molecule has 26 heavy (non-hydrogen) atoms. The number of rotatable bonds is 4. The van der Waals surface area contributed by atoms with E-state index in [0.29, 0.717) is 0 Å². The lowest BCUT2D eigenvalue weighted by atomic mass is 9.70. The Balaban J connectivity index is 0.000000613. The first-order chi connectivity index (χ1) is 12.7. The van der Waals surface area contributed by atoms with E-state index in [1.165, 1.54) is 16.7 Å². The highest BCUT2D eigenvalue weighted by Gasteiger charge is 2.40. The molecule has 134 valence electrons. The maximum atomic E-state index is 8.36. The van der Waals surface area contributed by atoms with Gasteiger partial charge in [-0.1, -0.05) is 36.4 Å². The van der Waals surface area contributed by atoms with Crippen LogP contribution in [0.1, 0.15) is 11.1 Å². The average molecular weight is 351 g/mol. The van der Waals surface area contributed by atoms with Gasteiger partial charge >= 0.3 is 0 Å². The van der Waals surface area contributed by atoms with Crippen LogP contribution in [0.25, 0.3) is 11.1 Å². The van der Waals surface area contributed by atoms with Gasteiger partial charge in [0.2, 0.25) is 0 Å². The van der Waals surface area contributed by atoms with Crippen LogP contribution in [0, 0.1) is 0 Å². The molecule has 6 heteroatoms. The lowest BCUT2D eigenvalue weighted by Gasteiger charge is -2.44. The number of hydrogen-bond acceptors (Lipinski definition) is 4. The molecule has 0 atom stereocenters. The summed E-state index contributed by atoms with van der Waals surface area (Å²) in [4.78, 5) is 8.36. The molecule has 0 bridgehead atoms. The number of nitrogens with zero attached hydrogens (tertiary/aromatic N) is 1. The van der Waals surface area contributed by atoms with E-state index in [4.69, 9.17) is 14.6 Å². The molecule has 0 unspecified atom stereocenters. The molecule has 0 radical (unpaired) electrons. The lowest BCUT2D eigenvalue weighted by Crippen LogP contribution is -2.57. The van der Waals surface area contributed by atoms with E-state index >= 15 is 0 Å². The van der Waals surface area contributed by atoms with Crippen LogP contribution in [0.3, 0.4) is 0 Å². The topological polar surface area (TPSA) is 87.2 Å². The van der Waals surface area contributed by atoms with Crippen molar-refractivity contribution in [2.45, 2.75) is 5.41 Å². The summed E-state index contributed by atoms with van der Waals surface area (Å²) in [7, 11) is 1.70. The summed E-state index contributed by atoms with van der Waals surface area (Å²) < 4.78 is 5.27. The standard InChI is InChI=1S/C19H19N3O.CH2O2/c1-23-18-8-6-17(7-9-18)19(12-20-13-19)16-4-2-14(3-5-16)15-10-21-22-11-15;2-1-3/h2-11,20H,12-13H2,1H3,(H,21,22);1H,(H,2,3). The van der Waals surface area contributed by atoms with Crippen LogP contribution in [0.5, 0.6) is 5.75 Å². The van der Waals surface area contributed by atoms with Crippen molar-refractivity contribution >= 4 is 6.47 Å². The summed E-state index contributed by atoms with van der Waals surface area (Å²) in [5.74, 6) is 0.895. The Morgan fingerprint density at radius 1 is 1.04 bits per heavy atom. The second-order valence-electron chi connectivity index (χ2n) is 6.08. The molecule has 1 aliphatic heterocycles. The van der Waals surface area contributed by atoms with Crippen molar-refractivity contribution in [1.82, 2.24) is 15.5 Å². The van der Waals surface area contributed by atoms with Crippen LogP contribution in [-0.2, 0) is 10.2 Å². The third kappa shape index (κ3) is 3.32. The second-order valence-corrected chi connectivity index (χ2v) is 6.08. The number of aromatic amines is 1. The third-order valence-electron chi connectivity index (χ3n) is 4.77. The van der Waals surface area contributed by atoms with Gasteiger partial charge in [0.15, 0.2) is 0 Å². The Kier molecular flexibility index (Phi) is 5.34. The number of carbonyl (C=O) groups is 1. The molecule has 0 saturated carbocycles. The predicted octanol–water partition coefficient (Wildman–Crippen LogP) is 2.68. The van der Waals surface area contributed by atoms with Gasteiger partial charge in [-0.25, -0.2) is 0 Å². The molecule has 3 N–H and O–H groups in total. The quantitative estimate of drug-likeness (QED) is 0.629. The van der Waals surface area contributed by atoms with Gasteiger partial charge in [0.25, 0.3) is 6.47 Å². The molecular formula is C20H21N3O3. The van der Waals surface area contributed by atoms with Gasteiger partial charge < -0.3 is 15.2 Å². The van der Waals surface area contributed by atoms with Gasteiger partial charge in [0.05, 0.1) is 13.3 Å². The van der Waals surface area contributed by atoms with Gasteiger partial charge in [0.1, 0.15) is 5.75 Å². The maximum Gasteiger partial charge on any atom is 0.290 e. The molecule has 3 aromatic rings. The molecule has 0 spiro atoms. The number of H-pyrrole nitrogens is 1. The highest BCUT2D eigenvalue weighted by molar-refractivity contribution is 5.62. The first-order valence-corrected chi connectivity index (χ1v) is 8.26. The van der Waals surface area contributed by atoms with Crippen LogP contribution >= 0.6 is 0 Å². The van der Waals surface area contributed by atoms with Crippen LogP contribution in [-0.4, -0.2) is 42.0 Å². The summed E-state index contributed by atoms with van der Waals surface area (Å²) in [5, 5.41) is 17.2.